The second-order valence-corrected chi connectivity index (χ2v) is 3.34. The quantitative estimate of drug-likeness (QED) is 0.479. The molecule has 0 aliphatic heterocycles. The molecule has 0 aliphatic carbocycles. The number of nitrogens with two attached hydrogens (primary N) is 1. The lowest BCUT2D eigenvalue weighted by Gasteiger charge is -1.99. The minimum Gasteiger partial charge on any atom is -0.508 e. The number of aromatic hydroxyl groups is 1. The Bertz CT molecular complexity index is 288. The molecule has 0 spiro atoms. The molecule has 0 amide bonds. The maximum atomic E-state index is 9.08. The van der Waals surface area contributed by atoms with E-state index in [1.54, 1.807) is 18.2 Å². The Morgan fingerprint density at radius 2 is 2.33 bits per heavy atom. The average Bonchev–Trinajstić information content (AvgIpc) is 2.01. The third-order valence-electron chi connectivity index (χ3n) is 1.30. The van der Waals surface area contributed by atoms with E-state index in [0.29, 0.717) is 5.75 Å². The van der Waals surface area contributed by atoms with Gasteiger partial charge >= 0.3 is 0 Å². The molecule has 0 atom stereocenters. The van der Waals surface area contributed by atoms with Crippen LogP contribution in [0.2, 0.25) is 0 Å². The molecule has 0 fully saturated rings. The molecular weight excluding hydrogens is 172 g/mol. The molecule has 1 aromatic carbocycles. The lowest BCUT2D eigenvalue weighted by molar-refractivity contribution is 0.475. The van der Waals surface area contributed by atoms with E-state index in [4.69, 9.17) is 16.2 Å². The summed E-state index contributed by atoms with van der Waals surface area (Å²) in [6.45, 7) is 0. The van der Waals surface area contributed by atoms with Crippen molar-refractivity contribution in [3.8, 4) is 5.75 Å². The molecule has 1 aromatic rings. The minimum absolute atomic E-state index is 0.0957. The van der Waals surface area contributed by atoms with Gasteiger partial charge in [-0.1, -0.05) is 23.9 Å². The normalized spacial score (nSPS) is 9.67. The van der Waals surface area contributed by atoms with Gasteiger partial charge in [-0.3, -0.25) is 5.41 Å². The summed E-state index contributed by atoms with van der Waals surface area (Å²) in [7, 11) is 0. The van der Waals surface area contributed by atoms with Gasteiger partial charge in [0.25, 0.3) is 0 Å². The van der Waals surface area contributed by atoms with Crippen LogP contribution >= 0.6 is 11.8 Å². The van der Waals surface area contributed by atoms with Crippen LogP contribution in [0.1, 0.15) is 5.56 Å². The largest absolute Gasteiger partial charge is 0.508 e. The van der Waals surface area contributed by atoms with Gasteiger partial charge in [0.2, 0.25) is 0 Å². The Morgan fingerprint density at radius 3 is 2.92 bits per heavy atom. The SMILES string of the molecule is N=C(N)SCc1cccc(O)c1. The fraction of sp³-hybridized carbons (Fsp3) is 0.125. The Morgan fingerprint density at radius 1 is 1.58 bits per heavy atom. The van der Waals surface area contributed by atoms with Crippen molar-refractivity contribution in [2.45, 2.75) is 5.75 Å². The molecule has 0 bridgehead atoms. The smallest absolute Gasteiger partial charge is 0.151 e. The lowest BCUT2D eigenvalue weighted by Crippen LogP contribution is -2.03. The number of hydrogen-bond acceptors (Lipinski definition) is 3. The highest BCUT2D eigenvalue weighted by Gasteiger charge is 1.95. The third kappa shape index (κ3) is 2.84. The fourth-order valence-corrected chi connectivity index (χ4v) is 1.31. The average molecular weight is 182 g/mol. The maximum absolute atomic E-state index is 9.08. The second-order valence-electron chi connectivity index (χ2n) is 2.32. The highest BCUT2D eigenvalue weighted by atomic mass is 32.2. The van der Waals surface area contributed by atoms with Crippen LogP contribution in [0, 0.1) is 5.41 Å². The van der Waals surface area contributed by atoms with E-state index >= 15 is 0 Å². The summed E-state index contributed by atoms with van der Waals surface area (Å²) in [6.07, 6.45) is 0. The van der Waals surface area contributed by atoms with Crippen molar-refractivity contribution in [1.82, 2.24) is 0 Å². The first-order valence-corrected chi connectivity index (χ1v) is 4.42. The summed E-state index contributed by atoms with van der Waals surface area (Å²) in [4.78, 5) is 0. The molecule has 0 saturated carbocycles. The summed E-state index contributed by atoms with van der Waals surface area (Å²) in [5.41, 5.74) is 6.13. The van der Waals surface area contributed by atoms with Gasteiger partial charge in [0.15, 0.2) is 5.17 Å². The first kappa shape index (κ1) is 8.93. The molecule has 4 heteroatoms. The number of rotatable bonds is 2. The van der Waals surface area contributed by atoms with Crippen LogP contribution in [0.25, 0.3) is 0 Å². The molecular formula is C8H10N2OS. The van der Waals surface area contributed by atoms with E-state index in [2.05, 4.69) is 0 Å². The van der Waals surface area contributed by atoms with Crippen molar-refractivity contribution in [2.24, 2.45) is 5.73 Å². The number of amidine groups is 1. The molecule has 1 rings (SSSR count). The molecule has 0 unspecified atom stereocenters. The van der Waals surface area contributed by atoms with Crippen molar-refractivity contribution in [3.05, 3.63) is 29.8 Å². The summed E-state index contributed by atoms with van der Waals surface area (Å²) < 4.78 is 0. The van der Waals surface area contributed by atoms with E-state index in [1.807, 2.05) is 6.07 Å². The Hall–Kier alpha value is -1.16. The molecule has 0 aromatic heterocycles. The van der Waals surface area contributed by atoms with Crippen molar-refractivity contribution in [1.29, 1.82) is 5.41 Å². The third-order valence-corrected chi connectivity index (χ3v) is 2.09. The zero-order chi connectivity index (χ0) is 8.97. The molecule has 0 aliphatic rings. The van der Waals surface area contributed by atoms with E-state index in [1.165, 1.54) is 11.8 Å². The number of nitrogens with one attached hydrogen (secondary N) is 1. The van der Waals surface area contributed by atoms with Crippen molar-refractivity contribution in [3.63, 3.8) is 0 Å². The lowest BCUT2D eigenvalue weighted by atomic mass is 10.2. The maximum Gasteiger partial charge on any atom is 0.151 e. The summed E-state index contributed by atoms with van der Waals surface area (Å²) >= 11 is 1.24. The van der Waals surface area contributed by atoms with Crippen molar-refractivity contribution >= 4 is 16.9 Å². The molecule has 0 radical (unpaired) electrons. The topological polar surface area (TPSA) is 70.1 Å². The van der Waals surface area contributed by atoms with Gasteiger partial charge in [0.1, 0.15) is 5.75 Å². The number of phenols is 1. The Balaban J connectivity index is 2.57. The molecule has 3 nitrogen and oxygen atoms in total. The van der Waals surface area contributed by atoms with E-state index in [0.717, 1.165) is 5.56 Å². The van der Waals surface area contributed by atoms with Gasteiger partial charge in [-0.15, -0.1) is 0 Å². The Labute approximate surface area is 75.1 Å². The molecule has 0 heterocycles. The number of phenolic OH excluding ortho intramolecular Hbond substituents is 1. The first-order valence-electron chi connectivity index (χ1n) is 3.43. The van der Waals surface area contributed by atoms with Crippen LogP contribution in [-0.2, 0) is 5.75 Å². The number of thioether (sulfide) groups is 1. The van der Waals surface area contributed by atoms with Crippen LogP contribution in [0.15, 0.2) is 24.3 Å². The van der Waals surface area contributed by atoms with Crippen LogP contribution < -0.4 is 5.73 Å². The van der Waals surface area contributed by atoms with Crippen molar-refractivity contribution < 1.29 is 5.11 Å². The molecule has 4 N–H and O–H groups in total. The second kappa shape index (κ2) is 4.01. The van der Waals surface area contributed by atoms with Crippen LogP contribution in [0.5, 0.6) is 5.75 Å². The van der Waals surface area contributed by atoms with E-state index in [9.17, 15) is 0 Å². The van der Waals surface area contributed by atoms with Crippen molar-refractivity contribution in [2.75, 3.05) is 0 Å². The zero-order valence-electron chi connectivity index (χ0n) is 6.45. The highest BCUT2D eigenvalue weighted by Crippen LogP contribution is 2.16. The summed E-state index contributed by atoms with van der Waals surface area (Å²) in [5.74, 6) is 0.876. The first-order chi connectivity index (χ1) is 5.68. The van der Waals surface area contributed by atoms with Crippen LogP contribution in [-0.4, -0.2) is 10.3 Å². The fourth-order valence-electron chi connectivity index (χ4n) is 0.807. The van der Waals surface area contributed by atoms with Gasteiger partial charge in [0, 0.05) is 5.75 Å². The van der Waals surface area contributed by atoms with Gasteiger partial charge in [0.05, 0.1) is 0 Å². The molecule has 64 valence electrons. The van der Waals surface area contributed by atoms with Crippen LogP contribution in [0.3, 0.4) is 0 Å². The zero-order valence-corrected chi connectivity index (χ0v) is 7.27. The van der Waals surface area contributed by atoms with Gasteiger partial charge in [-0.2, -0.15) is 0 Å². The minimum atomic E-state index is 0.0957. The highest BCUT2D eigenvalue weighted by molar-refractivity contribution is 8.13. The van der Waals surface area contributed by atoms with Gasteiger partial charge in [-0.05, 0) is 17.7 Å². The van der Waals surface area contributed by atoms with E-state index < -0.39 is 0 Å². The van der Waals surface area contributed by atoms with Gasteiger partial charge < -0.3 is 10.8 Å². The summed E-state index contributed by atoms with van der Waals surface area (Å²) in [6, 6.07) is 6.93. The monoisotopic (exact) mass is 182 g/mol. The van der Waals surface area contributed by atoms with Gasteiger partial charge in [-0.25, -0.2) is 0 Å². The molecule has 0 saturated heterocycles. The number of hydrogen-bond donors (Lipinski definition) is 3. The predicted molar refractivity (Wildman–Crippen MR) is 51.3 cm³/mol. The number of benzene rings is 1. The standard InChI is InChI=1S/C8H10N2OS/c9-8(10)12-5-6-2-1-3-7(11)4-6/h1-4,11H,5H2,(H3,9,10). The van der Waals surface area contributed by atoms with E-state index in [-0.39, 0.29) is 10.9 Å². The summed E-state index contributed by atoms with van der Waals surface area (Å²) in [5, 5.41) is 16.2. The predicted octanol–water partition coefficient (Wildman–Crippen LogP) is 1.52. The Kier molecular flexibility index (Phi) is 2.99. The van der Waals surface area contributed by atoms with Crippen LogP contribution in [0.4, 0.5) is 0 Å². The molecule has 12 heavy (non-hydrogen) atoms.